The van der Waals surface area contributed by atoms with Crippen molar-refractivity contribution >= 4 is 81.1 Å². The smallest absolute Gasteiger partial charge is 0.326 e. The first kappa shape index (κ1) is 59.2. The monoisotopic (exact) mass is 1120 g/mol. The quantitative estimate of drug-likeness (QED) is 0.0327. The third kappa shape index (κ3) is 16.8. The summed E-state index contributed by atoms with van der Waals surface area (Å²) in [5, 5.41) is 34.0. The number of carboxylic acid groups (broad SMARTS) is 1. The molecular weight excluding hydrogens is 1050 g/mol. The van der Waals surface area contributed by atoms with Gasteiger partial charge in [-0.05, 0) is 76.3 Å². The molecule has 12 N–H and O–H groups in total. The number of aliphatic carboxylic acids is 1. The molecule has 2 aromatic carbocycles. The average molecular weight is 1120 g/mol. The number of carbonyl (C=O) groups is 9. The van der Waals surface area contributed by atoms with Gasteiger partial charge in [-0.1, -0.05) is 74.1 Å². The standard InChI is InChI=1S/C49H67N11O11S.Tc/c1-27(2)23-36(45(67)60-22-12-19-38(60)46(68)59-21-11-18-37(59)43(65)55-34(47(69)70)17-10-20-52-49(50)51)57-42(64)35(24-31-25-53-33-16-9-8-15-32(31)33)56-44(66)40(29(4)61)58-41(63)28(3)54-39(62)26-72-48(71)30-13-6-5-7-14-30;/h5-9,13-16,25,27-29,34-38,40,53,61H,10-12,17-24,26H2,1-4H3,(H,54,62)(H,55,65)(H,56,66)(H,57,64)(H,58,63)(H,69,70)(H4,50,51,52);/t28-,29+,34-,35-,36-,37-,38-,40-;/m0./s1/i;1+1. The van der Waals surface area contributed by atoms with E-state index in [0.717, 1.165) is 22.7 Å². The van der Waals surface area contributed by atoms with Crippen LogP contribution >= 0.6 is 11.8 Å². The van der Waals surface area contributed by atoms with Gasteiger partial charge in [-0.25, -0.2) is 4.79 Å². The van der Waals surface area contributed by atoms with Crippen LogP contribution in [0.5, 0.6) is 0 Å². The molecule has 2 aliphatic heterocycles. The van der Waals surface area contributed by atoms with Gasteiger partial charge >= 0.3 is 5.97 Å². The second-order valence-electron chi connectivity index (χ2n) is 18.5. The fourth-order valence-corrected chi connectivity index (χ4v) is 9.44. The molecule has 3 aromatic rings. The van der Waals surface area contributed by atoms with E-state index < -0.39 is 95.7 Å². The van der Waals surface area contributed by atoms with Crippen LogP contribution in [0.3, 0.4) is 0 Å². The van der Waals surface area contributed by atoms with E-state index in [4.69, 9.17) is 11.5 Å². The molecule has 2 fully saturated rings. The van der Waals surface area contributed by atoms with Crippen molar-refractivity contribution in [3.05, 3.63) is 71.9 Å². The summed E-state index contributed by atoms with van der Waals surface area (Å²) in [6, 6.07) is 7.05. The number of H-pyrrole nitrogens is 1. The van der Waals surface area contributed by atoms with Crippen molar-refractivity contribution in [3.63, 3.8) is 0 Å². The van der Waals surface area contributed by atoms with Gasteiger partial charge in [0.1, 0.15) is 42.3 Å². The van der Waals surface area contributed by atoms with Crippen molar-refractivity contribution in [1.29, 1.82) is 0 Å². The number of nitrogens with two attached hydrogens (primary N) is 2. The zero-order valence-corrected chi connectivity index (χ0v) is 44.0. The molecule has 22 nitrogen and oxygen atoms in total. The Labute approximate surface area is 441 Å². The van der Waals surface area contributed by atoms with E-state index in [9.17, 15) is 53.4 Å². The van der Waals surface area contributed by atoms with Gasteiger partial charge in [-0.2, -0.15) is 0 Å². The zero-order valence-electron chi connectivity index (χ0n) is 41.3. The van der Waals surface area contributed by atoms with Gasteiger partial charge in [-0.3, -0.25) is 43.3 Å². The Morgan fingerprint density at radius 1 is 0.781 bits per heavy atom. The number of aliphatic hydroxyl groups excluding tert-OH is 1. The molecule has 5 rings (SSSR count). The Bertz CT molecular complexity index is 2470. The van der Waals surface area contributed by atoms with Crippen LogP contribution in [0, 0.1) is 5.92 Å². The SMILES string of the molecule is CC(C)C[C@H](NC(=O)[C@H](Cc1c[nH]c2ccccc12)NC(=O)[C@@H](NC(=O)[C@H](C)NC(=O)CSC(=O)c1ccccc1)[C@@H](C)O)C(=O)N1CCC[C@H]1C(=O)N1CCC[C@H]1C(=O)N[C@@H](CCCN=C(N)N)C(=O)O.[99Tc]. The van der Waals surface area contributed by atoms with Crippen LogP contribution in [0.25, 0.3) is 10.9 Å². The van der Waals surface area contributed by atoms with Gasteiger partial charge in [0.15, 0.2) is 5.96 Å². The number of likely N-dealkylation sites (tertiary alicyclic amines) is 2. The third-order valence-electron chi connectivity index (χ3n) is 12.5. The Hall–Kier alpha value is -6.36. The molecule has 7 amide bonds. The maximum absolute atomic E-state index is 14.6. The molecule has 3 heterocycles. The number of aromatic nitrogens is 1. The summed E-state index contributed by atoms with van der Waals surface area (Å²) < 4.78 is 0. The van der Waals surface area contributed by atoms with Crippen LogP contribution in [0.15, 0.2) is 65.8 Å². The first-order valence-corrected chi connectivity index (χ1v) is 25.1. The van der Waals surface area contributed by atoms with Gasteiger partial charge in [0.25, 0.3) is 0 Å². The summed E-state index contributed by atoms with van der Waals surface area (Å²) in [7, 11) is 0. The van der Waals surface area contributed by atoms with Crippen molar-refractivity contribution < 1.29 is 73.5 Å². The fraction of sp³-hybridized carbons (Fsp3) is 0.510. The Balaban J connectivity index is 0.0000116. The average Bonchev–Trinajstić information content (AvgIpc) is 4.13. The number of fused-ring (bicyclic) bond motifs is 1. The maximum Gasteiger partial charge on any atom is 0.326 e. The minimum atomic E-state index is -1.61. The number of nitrogens with one attached hydrogen (secondary N) is 6. The number of amides is 7. The van der Waals surface area contributed by atoms with Crippen LogP contribution in [0.1, 0.15) is 88.6 Å². The van der Waals surface area contributed by atoms with E-state index >= 15 is 0 Å². The van der Waals surface area contributed by atoms with Crippen LogP contribution in [0.2, 0.25) is 0 Å². The number of carbonyl (C=O) groups excluding carboxylic acids is 8. The number of carboxylic acids is 1. The molecule has 0 bridgehead atoms. The van der Waals surface area contributed by atoms with Crippen LogP contribution in [0.4, 0.5) is 0 Å². The van der Waals surface area contributed by atoms with Crippen molar-refractivity contribution in [2.45, 2.75) is 127 Å². The molecule has 0 spiro atoms. The molecule has 2 saturated heterocycles. The summed E-state index contributed by atoms with van der Waals surface area (Å²) in [5.74, 6) is -6.67. The van der Waals surface area contributed by atoms with Gasteiger partial charge in [0.2, 0.25) is 46.5 Å². The third-order valence-corrected chi connectivity index (χ3v) is 13.4. The van der Waals surface area contributed by atoms with E-state index in [0.29, 0.717) is 24.0 Å². The Morgan fingerprint density at radius 2 is 1.42 bits per heavy atom. The molecule has 1 radical (unpaired) electrons. The normalized spacial score (nSPS) is 17.7. The second kappa shape index (κ2) is 28.2. The molecule has 0 saturated carbocycles. The number of benzene rings is 2. The van der Waals surface area contributed by atoms with Gasteiger partial charge in [0, 0.05) is 68.8 Å². The van der Waals surface area contributed by atoms with Gasteiger partial charge in [0.05, 0.1) is 11.9 Å². The number of aliphatic imine (C=N–C) groups is 1. The van der Waals surface area contributed by atoms with Crippen molar-refractivity contribution in [2.75, 3.05) is 25.4 Å². The van der Waals surface area contributed by atoms with E-state index in [1.807, 2.05) is 32.0 Å². The number of thioether (sulfide) groups is 1. The molecule has 0 aliphatic carbocycles. The Morgan fingerprint density at radius 3 is 2.08 bits per heavy atom. The molecule has 397 valence electrons. The number of hydrogen-bond acceptors (Lipinski definition) is 12. The van der Waals surface area contributed by atoms with Gasteiger partial charge < -0.3 is 63.0 Å². The topological polar surface area (TPSA) is 341 Å². The van der Waals surface area contributed by atoms with E-state index in [-0.39, 0.29) is 101 Å². The maximum atomic E-state index is 14.6. The predicted octanol–water partition coefficient (Wildman–Crippen LogP) is 0.273. The fourth-order valence-electron chi connectivity index (χ4n) is 8.79. The van der Waals surface area contributed by atoms with Crippen molar-refractivity contribution in [2.24, 2.45) is 22.4 Å². The summed E-state index contributed by atoms with van der Waals surface area (Å²) in [6.07, 6.45) is 2.02. The Kier molecular flexibility index (Phi) is 22.9. The van der Waals surface area contributed by atoms with Crippen molar-refractivity contribution in [1.82, 2.24) is 41.4 Å². The number of guanidine groups is 1. The number of aromatic amines is 1. The number of rotatable bonds is 24. The molecule has 1 aromatic heterocycles. The van der Waals surface area contributed by atoms with E-state index in [1.165, 1.54) is 23.6 Å². The number of para-hydroxylation sites is 1. The summed E-state index contributed by atoms with van der Waals surface area (Å²) >= 11 is 0.751. The zero-order chi connectivity index (χ0) is 52.6. The molecular formula is C49H67N11O11STc. The predicted molar refractivity (Wildman–Crippen MR) is 269 cm³/mol. The van der Waals surface area contributed by atoms with Crippen molar-refractivity contribution in [3.8, 4) is 0 Å². The van der Waals surface area contributed by atoms with Crippen LogP contribution < -0.4 is 38.1 Å². The second-order valence-corrected chi connectivity index (χ2v) is 19.4. The summed E-state index contributed by atoms with van der Waals surface area (Å²) in [6.45, 7) is 6.88. The van der Waals surface area contributed by atoms with E-state index in [2.05, 4.69) is 36.6 Å². The largest absolute Gasteiger partial charge is 0.480 e. The minimum Gasteiger partial charge on any atom is -0.480 e. The first-order valence-electron chi connectivity index (χ1n) is 24.1. The molecule has 8 atom stereocenters. The number of hydrogen-bond donors (Lipinski definition) is 10. The summed E-state index contributed by atoms with van der Waals surface area (Å²) in [5.41, 5.74) is 12.5. The molecule has 73 heavy (non-hydrogen) atoms. The first-order chi connectivity index (χ1) is 34.2. The molecule has 24 heteroatoms. The number of aliphatic hydroxyl groups is 1. The number of nitrogens with zero attached hydrogens (tertiary/aromatic N) is 3. The van der Waals surface area contributed by atoms with Crippen LogP contribution in [-0.2, 0) is 64.9 Å². The summed E-state index contributed by atoms with van der Waals surface area (Å²) in [4.78, 5) is 132. The van der Waals surface area contributed by atoms with Crippen LogP contribution in [-0.4, -0.2) is 157 Å². The molecule has 2 aliphatic rings. The van der Waals surface area contributed by atoms with Gasteiger partial charge in [-0.15, -0.1) is 0 Å². The minimum absolute atomic E-state index is 0. The van der Waals surface area contributed by atoms with E-state index in [1.54, 1.807) is 42.6 Å². The molecule has 0 unspecified atom stereocenters.